The zero-order valence-electron chi connectivity index (χ0n) is 15.1. The van der Waals surface area contributed by atoms with Crippen LogP contribution in [-0.4, -0.2) is 57.5 Å². The van der Waals surface area contributed by atoms with Crippen LogP contribution in [0.15, 0.2) is 29.3 Å². The molecule has 1 saturated heterocycles. The highest BCUT2D eigenvalue weighted by Crippen LogP contribution is 2.28. The van der Waals surface area contributed by atoms with Crippen molar-refractivity contribution in [1.29, 1.82) is 0 Å². The van der Waals surface area contributed by atoms with Crippen LogP contribution >= 0.6 is 0 Å². The van der Waals surface area contributed by atoms with E-state index in [-0.39, 0.29) is 32.0 Å². The van der Waals surface area contributed by atoms with Crippen molar-refractivity contribution in [3.63, 3.8) is 0 Å². The predicted octanol–water partition coefficient (Wildman–Crippen LogP) is 1.67. The Labute approximate surface area is 156 Å². The van der Waals surface area contributed by atoms with Gasteiger partial charge in [0.2, 0.25) is 0 Å². The van der Waals surface area contributed by atoms with E-state index in [4.69, 9.17) is 4.74 Å². The normalized spacial score (nSPS) is 17.6. The second kappa shape index (κ2) is 8.79. The van der Waals surface area contributed by atoms with E-state index in [0.717, 1.165) is 11.3 Å². The van der Waals surface area contributed by atoms with Crippen LogP contribution in [0.2, 0.25) is 0 Å². The zero-order chi connectivity index (χ0) is 20.1. The first-order chi connectivity index (χ1) is 12.7. The van der Waals surface area contributed by atoms with E-state index in [9.17, 15) is 21.6 Å². The summed E-state index contributed by atoms with van der Waals surface area (Å²) in [6.45, 7) is 0.0665. The van der Waals surface area contributed by atoms with Crippen LogP contribution in [0.25, 0.3) is 0 Å². The molecule has 152 valence electrons. The van der Waals surface area contributed by atoms with E-state index >= 15 is 0 Å². The molecule has 1 fully saturated rings. The summed E-state index contributed by atoms with van der Waals surface area (Å²) >= 11 is 0. The van der Waals surface area contributed by atoms with Gasteiger partial charge in [-0.05, 0) is 18.9 Å². The Bertz CT molecular complexity index is 760. The van der Waals surface area contributed by atoms with Crippen molar-refractivity contribution in [1.82, 2.24) is 14.9 Å². The van der Waals surface area contributed by atoms with Crippen molar-refractivity contribution < 1.29 is 26.3 Å². The first kappa shape index (κ1) is 21.3. The summed E-state index contributed by atoms with van der Waals surface area (Å²) in [5.41, 5.74) is -4.34. The van der Waals surface area contributed by atoms with E-state index in [1.54, 1.807) is 14.2 Å². The van der Waals surface area contributed by atoms with E-state index < -0.39 is 15.5 Å². The minimum absolute atomic E-state index is 0.173. The van der Waals surface area contributed by atoms with Gasteiger partial charge in [-0.15, -0.1) is 0 Å². The van der Waals surface area contributed by atoms with E-state index in [1.807, 2.05) is 24.3 Å². The second-order valence-electron chi connectivity index (χ2n) is 6.01. The largest absolute Gasteiger partial charge is 0.511 e. The van der Waals surface area contributed by atoms with Crippen LogP contribution in [0.5, 0.6) is 5.75 Å². The quantitative estimate of drug-likeness (QED) is 0.572. The first-order valence-electron chi connectivity index (χ1n) is 8.34. The Balaban J connectivity index is 1.88. The van der Waals surface area contributed by atoms with Gasteiger partial charge in [-0.2, -0.15) is 17.5 Å². The van der Waals surface area contributed by atoms with E-state index in [0.29, 0.717) is 16.8 Å². The number of alkyl halides is 3. The fraction of sp³-hybridized carbons (Fsp3) is 0.562. The lowest BCUT2D eigenvalue weighted by atomic mass is 10.1. The van der Waals surface area contributed by atoms with Gasteiger partial charge in [0.15, 0.2) is 5.96 Å². The lowest BCUT2D eigenvalue weighted by molar-refractivity contribution is -0.0494. The third-order valence-corrected chi connectivity index (χ3v) is 5.92. The topological polar surface area (TPSA) is 83.0 Å². The number of rotatable bonds is 5. The summed E-state index contributed by atoms with van der Waals surface area (Å²) in [5.74, 6) is 1.21. The molecule has 0 aromatic heterocycles. The lowest BCUT2D eigenvalue weighted by Crippen LogP contribution is -2.51. The first-order valence-corrected chi connectivity index (χ1v) is 9.78. The molecule has 2 rings (SSSR count). The summed E-state index contributed by atoms with van der Waals surface area (Å²) in [7, 11) is -2.10. The minimum atomic E-state index is -5.27. The van der Waals surface area contributed by atoms with Gasteiger partial charge in [-0.25, -0.2) is 8.42 Å². The minimum Gasteiger partial charge on any atom is -0.496 e. The smallest absolute Gasteiger partial charge is 0.496 e. The molecular weight excluding hydrogens is 385 g/mol. The van der Waals surface area contributed by atoms with Gasteiger partial charge in [-0.1, -0.05) is 18.2 Å². The second-order valence-corrected chi connectivity index (χ2v) is 7.94. The van der Waals surface area contributed by atoms with Gasteiger partial charge in [0.1, 0.15) is 5.75 Å². The van der Waals surface area contributed by atoms with Gasteiger partial charge in [0.25, 0.3) is 0 Å². The number of piperidine rings is 1. The van der Waals surface area contributed by atoms with Crippen LogP contribution in [0, 0.1) is 0 Å². The highest BCUT2D eigenvalue weighted by Gasteiger charge is 2.50. The highest BCUT2D eigenvalue weighted by atomic mass is 32.2. The maximum atomic E-state index is 12.6. The lowest BCUT2D eigenvalue weighted by Gasteiger charge is -2.32. The van der Waals surface area contributed by atoms with Gasteiger partial charge >= 0.3 is 15.5 Å². The van der Waals surface area contributed by atoms with Crippen LogP contribution in [0.1, 0.15) is 18.4 Å². The number of aliphatic imine (C=N–C) groups is 1. The summed E-state index contributed by atoms with van der Waals surface area (Å²) in [6.07, 6.45) is 0.509. The molecule has 0 radical (unpaired) electrons. The van der Waals surface area contributed by atoms with Crippen molar-refractivity contribution in [2.75, 3.05) is 27.2 Å². The molecule has 7 nitrogen and oxygen atoms in total. The molecule has 0 atom stereocenters. The molecule has 0 saturated carbocycles. The fourth-order valence-corrected chi connectivity index (χ4v) is 3.79. The SMILES string of the molecule is CN=C(NCc1ccccc1OC)NC1CCN(S(=O)(=O)C(F)(F)F)CC1. The molecule has 2 N–H and O–H groups in total. The number of nitrogens with zero attached hydrogens (tertiary/aromatic N) is 2. The van der Waals surface area contributed by atoms with Crippen molar-refractivity contribution >= 4 is 16.0 Å². The Morgan fingerprint density at radius 2 is 1.93 bits per heavy atom. The third kappa shape index (κ3) is 5.25. The van der Waals surface area contributed by atoms with Crippen molar-refractivity contribution in [3.8, 4) is 5.75 Å². The Kier molecular flexibility index (Phi) is 6.93. The molecule has 1 heterocycles. The summed E-state index contributed by atoms with van der Waals surface area (Å²) in [5, 5.41) is 6.24. The van der Waals surface area contributed by atoms with Crippen LogP contribution in [-0.2, 0) is 16.6 Å². The number of sulfonamides is 1. The number of ether oxygens (including phenoxy) is 1. The number of methoxy groups -OCH3 is 1. The average molecular weight is 408 g/mol. The monoisotopic (exact) mass is 408 g/mol. The molecule has 0 bridgehead atoms. The Hall–Kier alpha value is -2.01. The van der Waals surface area contributed by atoms with Crippen LogP contribution < -0.4 is 15.4 Å². The van der Waals surface area contributed by atoms with Crippen molar-refractivity contribution in [3.05, 3.63) is 29.8 Å². The molecule has 0 spiro atoms. The Morgan fingerprint density at radius 3 is 2.48 bits per heavy atom. The number of nitrogens with one attached hydrogen (secondary N) is 2. The molecule has 0 amide bonds. The standard InChI is InChI=1S/C16H23F3N4O3S/c1-20-15(21-11-12-5-3-4-6-14(12)26-2)22-13-7-9-23(10-8-13)27(24,25)16(17,18)19/h3-6,13H,7-11H2,1-2H3,(H2,20,21,22). The number of guanidine groups is 1. The van der Waals surface area contributed by atoms with E-state index in [1.165, 1.54) is 0 Å². The van der Waals surface area contributed by atoms with Crippen LogP contribution in [0.3, 0.4) is 0 Å². The molecule has 1 aromatic rings. The summed E-state index contributed by atoms with van der Waals surface area (Å²) in [6, 6.07) is 7.31. The van der Waals surface area contributed by atoms with Gasteiger partial charge in [-0.3, -0.25) is 4.99 Å². The maximum Gasteiger partial charge on any atom is 0.511 e. The summed E-state index contributed by atoms with van der Waals surface area (Å²) in [4.78, 5) is 4.10. The third-order valence-electron chi connectivity index (χ3n) is 4.29. The highest BCUT2D eigenvalue weighted by molar-refractivity contribution is 7.90. The fourth-order valence-electron chi connectivity index (χ4n) is 2.80. The number of benzene rings is 1. The van der Waals surface area contributed by atoms with Gasteiger partial charge in [0, 0.05) is 38.3 Å². The number of hydrogen-bond acceptors (Lipinski definition) is 4. The number of halogens is 3. The molecule has 27 heavy (non-hydrogen) atoms. The van der Waals surface area contributed by atoms with Crippen molar-refractivity contribution in [2.45, 2.75) is 30.9 Å². The zero-order valence-corrected chi connectivity index (χ0v) is 15.9. The van der Waals surface area contributed by atoms with E-state index in [2.05, 4.69) is 15.6 Å². The van der Waals surface area contributed by atoms with Gasteiger partial charge < -0.3 is 15.4 Å². The number of hydrogen-bond donors (Lipinski definition) is 2. The van der Waals surface area contributed by atoms with Crippen LogP contribution in [0.4, 0.5) is 13.2 Å². The molecule has 0 aliphatic carbocycles. The molecule has 1 aliphatic rings. The summed E-state index contributed by atoms with van der Waals surface area (Å²) < 4.78 is 66.5. The molecule has 1 aromatic carbocycles. The average Bonchev–Trinajstić information content (AvgIpc) is 2.64. The molecule has 1 aliphatic heterocycles. The maximum absolute atomic E-state index is 12.6. The Morgan fingerprint density at radius 1 is 1.30 bits per heavy atom. The molecule has 0 unspecified atom stereocenters. The molecular formula is C16H23F3N4O3S. The number of para-hydroxylation sites is 1. The van der Waals surface area contributed by atoms with Gasteiger partial charge in [0.05, 0.1) is 7.11 Å². The molecule has 11 heteroatoms. The predicted molar refractivity (Wildman–Crippen MR) is 95.9 cm³/mol. The van der Waals surface area contributed by atoms with Crippen molar-refractivity contribution in [2.24, 2.45) is 4.99 Å².